The molecule has 5 heteroatoms. The molecule has 0 radical (unpaired) electrons. The highest BCUT2D eigenvalue weighted by Crippen LogP contribution is 2.20. The van der Waals surface area contributed by atoms with Gasteiger partial charge >= 0.3 is 0 Å². The third-order valence-corrected chi connectivity index (χ3v) is 2.34. The van der Waals surface area contributed by atoms with Crippen molar-refractivity contribution in [3.05, 3.63) is 36.0 Å². The minimum atomic E-state index is 0.369. The van der Waals surface area contributed by atoms with Gasteiger partial charge in [-0.05, 0) is 6.07 Å². The standard InChI is InChI=1S/C10H5ClN4/c11-8-5-14-10-9(15-8)7-1-2-12-3-6(7)4-13-10/h1-5H. The van der Waals surface area contributed by atoms with Crippen molar-refractivity contribution in [3.63, 3.8) is 0 Å². The molecule has 3 aromatic rings. The van der Waals surface area contributed by atoms with E-state index in [-0.39, 0.29) is 0 Å². The first-order chi connectivity index (χ1) is 7.34. The fourth-order valence-electron chi connectivity index (χ4n) is 1.49. The van der Waals surface area contributed by atoms with Crippen LogP contribution in [0.1, 0.15) is 0 Å². The molecule has 0 aliphatic heterocycles. The molecule has 0 atom stereocenters. The van der Waals surface area contributed by atoms with E-state index in [9.17, 15) is 0 Å². The zero-order valence-electron chi connectivity index (χ0n) is 7.55. The molecule has 15 heavy (non-hydrogen) atoms. The van der Waals surface area contributed by atoms with Gasteiger partial charge in [0.05, 0.1) is 6.20 Å². The summed E-state index contributed by atoms with van der Waals surface area (Å²) in [7, 11) is 0. The third-order valence-electron chi connectivity index (χ3n) is 2.16. The lowest BCUT2D eigenvalue weighted by Crippen LogP contribution is -1.89. The van der Waals surface area contributed by atoms with Gasteiger partial charge in [0.2, 0.25) is 0 Å². The molecule has 0 spiro atoms. The molecule has 3 aromatic heterocycles. The van der Waals surface area contributed by atoms with Crippen molar-refractivity contribution < 1.29 is 0 Å². The predicted molar refractivity (Wildman–Crippen MR) is 57.6 cm³/mol. The van der Waals surface area contributed by atoms with Crippen LogP contribution < -0.4 is 0 Å². The Kier molecular flexibility index (Phi) is 1.76. The summed E-state index contributed by atoms with van der Waals surface area (Å²) in [6, 6.07) is 1.88. The molecule has 4 nitrogen and oxygen atoms in total. The van der Waals surface area contributed by atoms with Crippen LogP contribution in [0.3, 0.4) is 0 Å². The van der Waals surface area contributed by atoms with Crippen LogP contribution in [0.25, 0.3) is 21.9 Å². The van der Waals surface area contributed by atoms with Crippen LogP contribution in [-0.4, -0.2) is 19.9 Å². The fraction of sp³-hybridized carbons (Fsp3) is 0. The van der Waals surface area contributed by atoms with E-state index < -0.39 is 0 Å². The van der Waals surface area contributed by atoms with E-state index in [0.29, 0.717) is 16.3 Å². The maximum Gasteiger partial charge on any atom is 0.178 e. The summed E-state index contributed by atoms with van der Waals surface area (Å²) in [4.78, 5) is 16.5. The van der Waals surface area contributed by atoms with Crippen molar-refractivity contribution in [3.8, 4) is 0 Å². The fourth-order valence-corrected chi connectivity index (χ4v) is 1.63. The van der Waals surface area contributed by atoms with E-state index in [1.165, 1.54) is 6.20 Å². The quantitative estimate of drug-likeness (QED) is 0.541. The van der Waals surface area contributed by atoms with Crippen LogP contribution >= 0.6 is 11.6 Å². The molecule has 0 N–H and O–H groups in total. The topological polar surface area (TPSA) is 51.6 Å². The second kappa shape index (κ2) is 3.10. The molecule has 0 amide bonds. The molecule has 0 aliphatic rings. The molecule has 0 unspecified atom stereocenters. The van der Waals surface area contributed by atoms with E-state index in [0.717, 1.165) is 10.8 Å². The monoisotopic (exact) mass is 216 g/mol. The first-order valence-corrected chi connectivity index (χ1v) is 4.73. The zero-order chi connectivity index (χ0) is 10.3. The summed E-state index contributed by atoms with van der Waals surface area (Å²) >= 11 is 5.80. The van der Waals surface area contributed by atoms with E-state index in [1.807, 2.05) is 6.07 Å². The first kappa shape index (κ1) is 8.49. The smallest absolute Gasteiger partial charge is 0.178 e. The predicted octanol–water partition coefficient (Wildman–Crippen LogP) is 2.23. The number of hydrogen-bond donors (Lipinski definition) is 0. The SMILES string of the molecule is Clc1cnc2ncc3cnccc3c2n1. The normalized spacial score (nSPS) is 11.0. The maximum atomic E-state index is 5.80. The summed E-state index contributed by atoms with van der Waals surface area (Å²) < 4.78 is 0. The maximum absolute atomic E-state index is 5.80. The summed E-state index contributed by atoms with van der Waals surface area (Å²) in [6.45, 7) is 0. The Bertz CT molecular complexity index is 653. The van der Waals surface area contributed by atoms with E-state index in [4.69, 9.17) is 11.6 Å². The highest BCUT2D eigenvalue weighted by molar-refractivity contribution is 6.29. The largest absolute Gasteiger partial charge is 0.264 e. The summed E-state index contributed by atoms with van der Waals surface area (Å²) in [5, 5.41) is 2.26. The lowest BCUT2D eigenvalue weighted by molar-refractivity contribution is 1.23. The van der Waals surface area contributed by atoms with Crippen molar-refractivity contribution in [2.24, 2.45) is 0 Å². The van der Waals surface area contributed by atoms with Gasteiger partial charge < -0.3 is 0 Å². The lowest BCUT2D eigenvalue weighted by Gasteiger charge is -2.00. The van der Waals surface area contributed by atoms with Gasteiger partial charge in [0, 0.05) is 29.4 Å². The molecule has 3 heterocycles. The van der Waals surface area contributed by atoms with Crippen molar-refractivity contribution in [2.45, 2.75) is 0 Å². The molecule has 0 fully saturated rings. The Morgan fingerprint density at radius 1 is 1.07 bits per heavy atom. The number of rotatable bonds is 0. The average molecular weight is 217 g/mol. The van der Waals surface area contributed by atoms with E-state index >= 15 is 0 Å². The Morgan fingerprint density at radius 2 is 1.93 bits per heavy atom. The summed E-state index contributed by atoms with van der Waals surface area (Å²) in [5.74, 6) is 0. The summed E-state index contributed by atoms with van der Waals surface area (Å²) in [5.41, 5.74) is 1.31. The number of hydrogen-bond acceptors (Lipinski definition) is 4. The van der Waals surface area contributed by atoms with Crippen LogP contribution in [0.2, 0.25) is 5.15 Å². The molecule has 0 aliphatic carbocycles. The minimum Gasteiger partial charge on any atom is -0.264 e. The lowest BCUT2D eigenvalue weighted by atomic mass is 10.2. The van der Waals surface area contributed by atoms with Crippen molar-refractivity contribution in [1.29, 1.82) is 0 Å². The molecule has 0 saturated carbocycles. The Morgan fingerprint density at radius 3 is 2.87 bits per heavy atom. The molecular formula is C10H5ClN4. The van der Waals surface area contributed by atoms with Gasteiger partial charge in [-0.25, -0.2) is 15.0 Å². The van der Waals surface area contributed by atoms with Crippen LogP contribution in [0.4, 0.5) is 0 Å². The van der Waals surface area contributed by atoms with Crippen LogP contribution in [0, 0.1) is 0 Å². The highest BCUT2D eigenvalue weighted by atomic mass is 35.5. The highest BCUT2D eigenvalue weighted by Gasteiger charge is 2.04. The van der Waals surface area contributed by atoms with Gasteiger partial charge in [-0.2, -0.15) is 0 Å². The van der Waals surface area contributed by atoms with Crippen LogP contribution in [0.5, 0.6) is 0 Å². The first-order valence-electron chi connectivity index (χ1n) is 4.35. The number of pyridine rings is 2. The van der Waals surface area contributed by atoms with Gasteiger partial charge in [0.15, 0.2) is 5.65 Å². The number of halogens is 1. The number of aromatic nitrogens is 4. The Hall–Kier alpha value is -1.81. The second-order valence-electron chi connectivity index (χ2n) is 3.09. The van der Waals surface area contributed by atoms with Crippen molar-refractivity contribution in [2.75, 3.05) is 0 Å². The Balaban J connectivity index is 2.57. The van der Waals surface area contributed by atoms with Crippen LogP contribution in [-0.2, 0) is 0 Å². The van der Waals surface area contributed by atoms with Gasteiger partial charge in [0.25, 0.3) is 0 Å². The molecule has 0 bridgehead atoms. The van der Waals surface area contributed by atoms with Gasteiger partial charge in [-0.15, -0.1) is 0 Å². The van der Waals surface area contributed by atoms with Crippen molar-refractivity contribution in [1.82, 2.24) is 19.9 Å². The number of nitrogens with zero attached hydrogens (tertiary/aromatic N) is 4. The molecular weight excluding hydrogens is 212 g/mol. The minimum absolute atomic E-state index is 0.369. The second-order valence-corrected chi connectivity index (χ2v) is 3.47. The zero-order valence-corrected chi connectivity index (χ0v) is 8.31. The van der Waals surface area contributed by atoms with Crippen molar-refractivity contribution >= 4 is 33.5 Å². The molecule has 3 rings (SSSR count). The summed E-state index contributed by atoms with van der Waals surface area (Å²) in [6.07, 6.45) is 6.67. The van der Waals surface area contributed by atoms with Gasteiger partial charge in [-0.1, -0.05) is 11.6 Å². The third kappa shape index (κ3) is 1.30. The molecule has 72 valence electrons. The van der Waals surface area contributed by atoms with Gasteiger partial charge in [0.1, 0.15) is 10.7 Å². The van der Waals surface area contributed by atoms with E-state index in [2.05, 4.69) is 19.9 Å². The molecule has 0 saturated heterocycles. The average Bonchev–Trinajstić information content (AvgIpc) is 2.29. The molecule has 0 aromatic carbocycles. The Labute approximate surface area is 90.0 Å². The van der Waals surface area contributed by atoms with Gasteiger partial charge in [-0.3, -0.25) is 4.98 Å². The van der Waals surface area contributed by atoms with E-state index in [1.54, 1.807) is 18.6 Å². The van der Waals surface area contributed by atoms with Crippen LogP contribution in [0.15, 0.2) is 30.9 Å². The number of fused-ring (bicyclic) bond motifs is 3.